The quantitative estimate of drug-likeness (QED) is 0.725. The maximum absolute atomic E-state index is 12.0. The van der Waals surface area contributed by atoms with E-state index in [0.29, 0.717) is 17.7 Å². The van der Waals surface area contributed by atoms with Crippen LogP contribution in [0.2, 0.25) is 0 Å². The van der Waals surface area contributed by atoms with Gasteiger partial charge in [-0.05, 0) is 49.5 Å². The van der Waals surface area contributed by atoms with E-state index in [0.717, 1.165) is 24.8 Å². The minimum Gasteiger partial charge on any atom is -0.478 e. The summed E-state index contributed by atoms with van der Waals surface area (Å²) < 4.78 is 0. The number of hydrogen-bond acceptors (Lipinski definition) is 3. The van der Waals surface area contributed by atoms with Gasteiger partial charge in [-0.3, -0.25) is 4.79 Å². The molecular formula is C16H20N2O3. The van der Waals surface area contributed by atoms with Gasteiger partial charge in [-0.2, -0.15) is 0 Å². The highest BCUT2D eigenvalue weighted by Crippen LogP contribution is 2.30. The van der Waals surface area contributed by atoms with Gasteiger partial charge in [-0.25, -0.2) is 4.79 Å². The largest absolute Gasteiger partial charge is 0.478 e. The first kappa shape index (κ1) is 15.3. The molecule has 1 amide bonds. The number of aliphatic carboxylic acids is 1. The minimum atomic E-state index is -0.912. The third kappa shape index (κ3) is 3.49. The van der Waals surface area contributed by atoms with Crippen LogP contribution < -0.4 is 11.1 Å². The van der Waals surface area contributed by atoms with Gasteiger partial charge in [-0.15, -0.1) is 0 Å². The summed E-state index contributed by atoms with van der Waals surface area (Å²) in [7, 11) is 0. The van der Waals surface area contributed by atoms with E-state index in [1.807, 2.05) is 0 Å². The van der Waals surface area contributed by atoms with Crippen molar-refractivity contribution in [3.8, 4) is 0 Å². The number of carbonyl (C=O) groups is 2. The Balaban J connectivity index is 2.05. The third-order valence-electron chi connectivity index (χ3n) is 3.86. The van der Waals surface area contributed by atoms with Crippen LogP contribution in [0.3, 0.4) is 0 Å². The zero-order valence-corrected chi connectivity index (χ0v) is 12.1. The number of nitrogens with one attached hydrogen (secondary N) is 1. The van der Waals surface area contributed by atoms with Crippen LogP contribution in [0.4, 0.5) is 5.69 Å². The summed E-state index contributed by atoms with van der Waals surface area (Å²) in [6, 6.07) is 7.05. The fourth-order valence-corrected chi connectivity index (χ4v) is 2.22. The SMILES string of the molecule is CCC(=Cc1ccc(NC(=O)C2(N)CCC2)cc1)C(=O)O. The Morgan fingerprint density at radius 3 is 2.38 bits per heavy atom. The van der Waals surface area contributed by atoms with E-state index < -0.39 is 11.5 Å². The topological polar surface area (TPSA) is 92.4 Å². The maximum Gasteiger partial charge on any atom is 0.331 e. The predicted molar refractivity (Wildman–Crippen MR) is 81.7 cm³/mol. The third-order valence-corrected chi connectivity index (χ3v) is 3.86. The van der Waals surface area contributed by atoms with Gasteiger partial charge in [0.25, 0.3) is 0 Å². The van der Waals surface area contributed by atoms with Crippen molar-refractivity contribution in [2.24, 2.45) is 5.73 Å². The van der Waals surface area contributed by atoms with Crippen molar-refractivity contribution in [3.05, 3.63) is 35.4 Å². The Labute approximate surface area is 123 Å². The zero-order chi connectivity index (χ0) is 15.5. The number of carboxylic acid groups (broad SMARTS) is 1. The second-order valence-electron chi connectivity index (χ2n) is 5.41. The highest BCUT2D eigenvalue weighted by atomic mass is 16.4. The second kappa shape index (κ2) is 6.10. The van der Waals surface area contributed by atoms with Crippen molar-refractivity contribution in [2.45, 2.75) is 38.1 Å². The molecule has 0 aliphatic heterocycles. The van der Waals surface area contributed by atoms with E-state index in [9.17, 15) is 9.59 Å². The number of nitrogens with two attached hydrogens (primary N) is 1. The number of carbonyl (C=O) groups excluding carboxylic acids is 1. The second-order valence-corrected chi connectivity index (χ2v) is 5.41. The number of benzene rings is 1. The van der Waals surface area contributed by atoms with E-state index in [4.69, 9.17) is 10.8 Å². The van der Waals surface area contributed by atoms with E-state index >= 15 is 0 Å². The lowest BCUT2D eigenvalue weighted by molar-refractivity contribution is -0.132. The van der Waals surface area contributed by atoms with Crippen molar-refractivity contribution < 1.29 is 14.7 Å². The van der Waals surface area contributed by atoms with Gasteiger partial charge < -0.3 is 16.2 Å². The van der Waals surface area contributed by atoms with Crippen molar-refractivity contribution in [2.75, 3.05) is 5.32 Å². The van der Waals surface area contributed by atoms with Crippen LogP contribution in [0.25, 0.3) is 6.08 Å². The Morgan fingerprint density at radius 2 is 1.95 bits per heavy atom. The van der Waals surface area contributed by atoms with Gasteiger partial charge in [0.2, 0.25) is 5.91 Å². The molecule has 0 heterocycles. The summed E-state index contributed by atoms with van der Waals surface area (Å²) in [5, 5.41) is 11.8. The van der Waals surface area contributed by atoms with Crippen LogP contribution in [0.1, 0.15) is 38.2 Å². The van der Waals surface area contributed by atoms with E-state index in [-0.39, 0.29) is 5.91 Å². The van der Waals surface area contributed by atoms with Crippen LogP contribution >= 0.6 is 0 Å². The lowest BCUT2D eigenvalue weighted by Crippen LogP contribution is -2.56. The molecule has 4 N–H and O–H groups in total. The summed E-state index contributed by atoms with van der Waals surface area (Å²) in [6.45, 7) is 1.80. The van der Waals surface area contributed by atoms with Crippen LogP contribution in [-0.2, 0) is 9.59 Å². The molecule has 5 nitrogen and oxygen atoms in total. The molecule has 0 spiro atoms. The molecule has 1 saturated carbocycles. The molecule has 0 bridgehead atoms. The molecular weight excluding hydrogens is 268 g/mol. The average Bonchev–Trinajstić information content (AvgIpc) is 2.43. The minimum absolute atomic E-state index is 0.156. The maximum atomic E-state index is 12.0. The Bertz CT molecular complexity index is 572. The number of anilines is 1. The monoisotopic (exact) mass is 288 g/mol. The summed E-state index contributed by atoms with van der Waals surface area (Å²) in [5.74, 6) is -1.07. The first-order chi connectivity index (χ1) is 9.94. The normalized spacial score (nSPS) is 17.0. The van der Waals surface area contributed by atoms with Gasteiger partial charge >= 0.3 is 5.97 Å². The highest BCUT2D eigenvalue weighted by molar-refractivity contribution is 5.98. The van der Waals surface area contributed by atoms with Crippen LogP contribution in [0, 0.1) is 0 Å². The van der Waals surface area contributed by atoms with Crippen molar-refractivity contribution >= 4 is 23.6 Å². The highest BCUT2D eigenvalue weighted by Gasteiger charge is 2.40. The molecule has 1 aromatic rings. The smallest absolute Gasteiger partial charge is 0.331 e. The average molecular weight is 288 g/mol. The molecule has 112 valence electrons. The Hall–Kier alpha value is -2.14. The molecule has 0 atom stereocenters. The fourth-order valence-electron chi connectivity index (χ4n) is 2.22. The predicted octanol–water partition coefficient (Wildman–Crippen LogP) is 2.38. The van der Waals surface area contributed by atoms with Crippen molar-refractivity contribution in [3.63, 3.8) is 0 Å². The molecule has 0 unspecified atom stereocenters. The molecule has 1 fully saturated rings. The van der Waals surface area contributed by atoms with Gasteiger partial charge in [0.15, 0.2) is 0 Å². The Morgan fingerprint density at radius 1 is 1.33 bits per heavy atom. The first-order valence-corrected chi connectivity index (χ1v) is 7.09. The lowest BCUT2D eigenvalue weighted by atomic mass is 9.77. The molecule has 5 heteroatoms. The summed E-state index contributed by atoms with van der Waals surface area (Å²) in [4.78, 5) is 22.9. The molecule has 1 aliphatic rings. The molecule has 0 saturated heterocycles. The Kier molecular flexibility index (Phi) is 4.43. The summed E-state index contributed by atoms with van der Waals surface area (Å²) >= 11 is 0. The zero-order valence-electron chi connectivity index (χ0n) is 12.1. The number of amides is 1. The van der Waals surface area contributed by atoms with Gasteiger partial charge in [0.05, 0.1) is 5.54 Å². The lowest BCUT2D eigenvalue weighted by Gasteiger charge is -2.36. The summed E-state index contributed by atoms with van der Waals surface area (Å²) in [5.41, 5.74) is 7.04. The van der Waals surface area contributed by atoms with Crippen LogP contribution in [0.5, 0.6) is 0 Å². The molecule has 1 aliphatic carbocycles. The van der Waals surface area contributed by atoms with Crippen LogP contribution in [0.15, 0.2) is 29.8 Å². The number of carboxylic acids is 1. The molecule has 21 heavy (non-hydrogen) atoms. The van der Waals surface area contributed by atoms with E-state index in [1.54, 1.807) is 37.3 Å². The van der Waals surface area contributed by atoms with Crippen molar-refractivity contribution in [1.29, 1.82) is 0 Å². The van der Waals surface area contributed by atoms with Gasteiger partial charge in [-0.1, -0.05) is 19.1 Å². The fraction of sp³-hybridized carbons (Fsp3) is 0.375. The van der Waals surface area contributed by atoms with Gasteiger partial charge in [0, 0.05) is 11.3 Å². The molecule has 0 radical (unpaired) electrons. The molecule has 0 aromatic heterocycles. The first-order valence-electron chi connectivity index (χ1n) is 7.09. The molecule has 2 rings (SSSR count). The van der Waals surface area contributed by atoms with E-state index in [2.05, 4.69) is 5.32 Å². The van der Waals surface area contributed by atoms with Gasteiger partial charge in [0.1, 0.15) is 0 Å². The van der Waals surface area contributed by atoms with Crippen molar-refractivity contribution in [1.82, 2.24) is 0 Å². The number of rotatable bonds is 5. The van der Waals surface area contributed by atoms with Crippen LogP contribution in [-0.4, -0.2) is 22.5 Å². The summed E-state index contributed by atoms with van der Waals surface area (Å²) in [6.07, 6.45) is 4.52. The number of hydrogen-bond donors (Lipinski definition) is 3. The molecule has 1 aromatic carbocycles. The van der Waals surface area contributed by atoms with E-state index in [1.165, 1.54) is 0 Å². The standard InChI is InChI=1S/C16H20N2O3/c1-2-12(14(19)20)10-11-4-6-13(7-5-11)18-15(21)16(17)8-3-9-16/h4-7,10H,2-3,8-9,17H2,1H3,(H,18,21)(H,19,20).